The third kappa shape index (κ3) is 4.19. The third-order valence-electron chi connectivity index (χ3n) is 5.66. The molecule has 0 unspecified atom stereocenters. The van der Waals surface area contributed by atoms with Crippen molar-refractivity contribution in [2.45, 2.75) is 37.8 Å². The second kappa shape index (κ2) is 8.52. The molecule has 0 spiro atoms. The average molecular weight is 391 g/mol. The molecule has 0 saturated carbocycles. The number of amides is 1. The molecule has 2 fully saturated rings. The third-order valence-corrected chi connectivity index (χ3v) is 5.66. The maximum atomic E-state index is 13.0. The van der Waals surface area contributed by atoms with Crippen LogP contribution in [0.1, 0.15) is 41.6 Å². The van der Waals surface area contributed by atoms with Gasteiger partial charge in [0.1, 0.15) is 5.75 Å². The summed E-state index contributed by atoms with van der Waals surface area (Å²) in [4.78, 5) is 27.3. The van der Waals surface area contributed by atoms with Gasteiger partial charge in [-0.3, -0.25) is 4.79 Å². The standard InChI is InChI=1S/C24H25NO4/c1-28-20-11-9-17(10-12-20)16-19-8-5-15-25-21(19)13-14-22(23(25)26)29-24(27)18-6-3-2-4-7-18/h2-4,6-7,9-12,16,21-22H,5,8,13-15H2,1H3/b19-16+/t21-,22+/m1/s1. The van der Waals surface area contributed by atoms with Crippen LogP contribution in [-0.2, 0) is 9.53 Å². The first-order valence-electron chi connectivity index (χ1n) is 10.1. The van der Waals surface area contributed by atoms with E-state index in [4.69, 9.17) is 9.47 Å². The molecule has 2 aliphatic heterocycles. The van der Waals surface area contributed by atoms with E-state index in [1.54, 1.807) is 31.4 Å². The Morgan fingerprint density at radius 2 is 1.83 bits per heavy atom. The van der Waals surface area contributed by atoms with Crippen molar-refractivity contribution < 1.29 is 19.1 Å². The Kier molecular flexibility index (Phi) is 5.65. The van der Waals surface area contributed by atoms with E-state index in [0.717, 1.165) is 30.6 Å². The van der Waals surface area contributed by atoms with Gasteiger partial charge in [-0.05, 0) is 61.1 Å². The number of esters is 1. The van der Waals surface area contributed by atoms with Gasteiger partial charge in [-0.15, -0.1) is 0 Å². The predicted octanol–water partition coefficient (Wildman–Crippen LogP) is 4.09. The number of ether oxygens (including phenoxy) is 2. The first-order chi connectivity index (χ1) is 14.2. The van der Waals surface area contributed by atoms with Gasteiger partial charge in [0.2, 0.25) is 0 Å². The van der Waals surface area contributed by atoms with Gasteiger partial charge in [-0.1, -0.05) is 36.4 Å². The Labute approximate surface area is 170 Å². The fourth-order valence-electron chi connectivity index (χ4n) is 4.16. The summed E-state index contributed by atoms with van der Waals surface area (Å²) in [5.74, 6) is 0.313. The lowest BCUT2D eigenvalue weighted by Crippen LogP contribution is -2.54. The van der Waals surface area contributed by atoms with Crippen molar-refractivity contribution in [3.05, 3.63) is 71.3 Å². The van der Waals surface area contributed by atoms with Gasteiger partial charge in [0.05, 0.1) is 18.7 Å². The van der Waals surface area contributed by atoms with Crippen molar-refractivity contribution in [1.82, 2.24) is 4.90 Å². The van der Waals surface area contributed by atoms with Gasteiger partial charge in [0.25, 0.3) is 5.91 Å². The molecule has 0 bridgehead atoms. The number of nitrogens with zero attached hydrogens (tertiary/aromatic N) is 1. The summed E-state index contributed by atoms with van der Waals surface area (Å²) in [7, 11) is 1.65. The van der Waals surface area contributed by atoms with E-state index >= 15 is 0 Å². The topological polar surface area (TPSA) is 55.8 Å². The van der Waals surface area contributed by atoms with Crippen molar-refractivity contribution in [2.24, 2.45) is 0 Å². The number of benzene rings is 2. The number of hydrogen-bond acceptors (Lipinski definition) is 4. The second-order valence-corrected chi connectivity index (χ2v) is 7.48. The number of methoxy groups -OCH3 is 1. The lowest BCUT2D eigenvalue weighted by molar-refractivity contribution is -0.147. The molecule has 2 atom stereocenters. The molecule has 0 radical (unpaired) electrons. The van der Waals surface area contributed by atoms with Gasteiger partial charge in [0.15, 0.2) is 6.10 Å². The molecule has 4 rings (SSSR count). The van der Waals surface area contributed by atoms with E-state index in [0.29, 0.717) is 18.5 Å². The Morgan fingerprint density at radius 3 is 2.55 bits per heavy atom. The molecule has 2 aliphatic rings. The van der Waals surface area contributed by atoms with Crippen molar-refractivity contribution >= 4 is 18.0 Å². The highest BCUT2D eigenvalue weighted by Gasteiger charge is 2.40. The molecule has 0 aliphatic carbocycles. The quantitative estimate of drug-likeness (QED) is 0.737. The fourth-order valence-corrected chi connectivity index (χ4v) is 4.16. The number of carbonyl (C=O) groups excluding carboxylic acids is 2. The maximum absolute atomic E-state index is 13.0. The molecule has 1 amide bonds. The summed E-state index contributed by atoms with van der Waals surface area (Å²) < 4.78 is 10.8. The summed E-state index contributed by atoms with van der Waals surface area (Å²) in [5, 5.41) is 0. The molecule has 29 heavy (non-hydrogen) atoms. The van der Waals surface area contributed by atoms with Crippen molar-refractivity contribution in [3.63, 3.8) is 0 Å². The van der Waals surface area contributed by atoms with Crippen LogP contribution >= 0.6 is 0 Å². The normalized spacial score (nSPS) is 22.9. The minimum atomic E-state index is -0.695. The summed E-state index contributed by atoms with van der Waals surface area (Å²) in [6.45, 7) is 0.711. The second-order valence-electron chi connectivity index (χ2n) is 7.48. The number of fused-ring (bicyclic) bond motifs is 1. The number of hydrogen-bond donors (Lipinski definition) is 0. The molecule has 5 heteroatoms. The summed E-state index contributed by atoms with van der Waals surface area (Å²) in [6, 6.07) is 16.9. The van der Waals surface area contributed by atoms with Gasteiger partial charge in [0, 0.05) is 6.54 Å². The number of carbonyl (C=O) groups is 2. The van der Waals surface area contributed by atoms with Crippen molar-refractivity contribution in [2.75, 3.05) is 13.7 Å². The van der Waals surface area contributed by atoms with Crippen LogP contribution in [0.5, 0.6) is 5.75 Å². The van der Waals surface area contributed by atoms with Crippen molar-refractivity contribution in [1.29, 1.82) is 0 Å². The molecule has 5 nitrogen and oxygen atoms in total. The highest BCUT2D eigenvalue weighted by atomic mass is 16.5. The zero-order chi connectivity index (χ0) is 20.2. The molecule has 2 aromatic carbocycles. The largest absolute Gasteiger partial charge is 0.497 e. The van der Waals surface area contributed by atoms with Crippen LogP contribution in [0.25, 0.3) is 6.08 Å². The van der Waals surface area contributed by atoms with E-state index in [-0.39, 0.29) is 11.9 Å². The zero-order valence-electron chi connectivity index (χ0n) is 16.5. The fraction of sp³-hybridized carbons (Fsp3) is 0.333. The molecule has 2 aromatic rings. The highest BCUT2D eigenvalue weighted by molar-refractivity contribution is 5.92. The monoisotopic (exact) mass is 391 g/mol. The molecular weight excluding hydrogens is 366 g/mol. The minimum absolute atomic E-state index is 0.0779. The van der Waals surface area contributed by atoms with Crippen LogP contribution in [0, 0.1) is 0 Å². The molecule has 2 heterocycles. The van der Waals surface area contributed by atoms with E-state index in [1.165, 1.54) is 5.57 Å². The molecule has 150 valence electrons. The van der Waals surface area contributed by atoms with Gasteiger partial charge in [-0.25, -0.2) is 4.79 Å². The first-order valence-corrected chi connectivity index (χ1v) is 10.1. The van der Waals surface area contributed by atoms with E-state index < -0.39 is 12.1 Å². The molecule has 2 saturated heterocycles. The van der Waals surface area contributed by atoms with E-state index in [2.05, 4.69) is 6.08 Å². The zero-order valence-corrected chi connectivity index (χ0v) is 16.5. The predicted molar refractivity (Wildman–Crippen MR) is 111 cm³/mol. The van der Waals surface area contributed by atoms with Gasteiger partial charge < -0.3 is 14.4 Å². The molecule has 0 aromatic heterocycles. The van der Waals surface area contributed by atoms with Gasteiger partial charge in [-0.2, -0.15) is 0 Å². The van der Waals surface area contributed by atoms with E-state index in [1.807, 2.05) is 35.2 Å². The smallest absolute Gasteiger partial charge is 0.338 e. The van der Waals surface area contributed by atoms with Crippen LogP contribution in [0.3, 0.4) is 0 Å². The Hall–Kier alpha value is -3.08. The van der Waals surface area contributed by atoms with Crippen LogP contribution in [0.2, 0.25) is 0 Å². The average Bonchev–Trinajstić information content (AvgIpc) is 2.77. The van der Waals surface area contributed by atoms with Crippen molar-refractivity contribution in [3.8, 4) is 5.75 Å². The summed E-state index contributed by atoms with van der Waals surface area (Å²) in [5.41, 5.74) is 2.84. The first kappa shape index (κ1) is 19.2. The number of rotatable bonds is 4. The SMILES string of the molecule is COc1ccc(/C=C2\CCCN3C(=O)[C@@H](OC(=O)c4ccccc4)CC[C@H]23)cc1. The van der Waals surface area contributed by atoms with Crippen LogP contribution in [0.15, 0.2) is 60.2 Å². The Morgan fingerprint density at radius 1 is 1.07 bits per heavy atom. The number of piperidine rings is 2. The maximum Gasteiger partial charge on any atom is 0.338 e. The lowest BCUT2D eigenvalue weighted by Gasteiger charge is -2.43. The van der Waals surface area contributed by atoms with Gasteiger partial charge >= 0.3 is 5.97 Å². The minimum Gasteiger partial charge on any atom is -0.497 e. The molecular formula is C24H25NO4. The Bertz CT molecular complexity index is 904. The Balaban J connectivity index is 1.47. The molecule has 0 N–H and O–H groups in total. The highest BCUT2D eigenvalue weighted by Crippen LogP contribution is 2.33. The lowest BCUT2D eigenvalue weighted by atomic mass is 9.86. The summed E-state index contributed by atoms with van der Waals surface area (Å²) >= 11 is 0. The van der Waals surface area contributed by atoms with Crippen LogP contribution in [-0.4, -0.2) is 42.6 Å². The van der Waals surface area contributed by atoms with E-state index in [9.17, 15) is 9.59 Å². The summed E-state index contributed by atoms with van der Waals surface area (Å²) in [6.07, 6.45) is 4.75. The van der Waals surface area contributed by atoms with Crippen LogP contribution in [0.4, 0.5) is 0 Å². The van der Waals surface area contributed by atoms with Crippen LogP contribution < -0.4 is 4.74 Å².